The number of nitro groups is 1. The Balaban J connectivity index is 1.91. The van der Waals surface area contributed by atoms with Crippen LogP contribution in [0.4, 0.5) is 5.69 Å². The monoisotopic (exact) mass is 339 g/mol. The summed E-state index contributed by atoms with van der Waals surface area (Å²) >= 11 is 0. The van der Waals surface area contributed by atoms with Gasteiger partial charge in [-0.1, -0.05) is 0 Å². The first-order chi connectivity index (χ1) is 12.0. The van der Waals surface area contributed by atoms with Crippen LogP contribution >= 0.6 is 0 Å². The number of nitrogens with zero attached hydrogens (tertiary/aromatic N) is 2. The average molecular weight is 339 g/mol. The molecule has 128 valence electrons. The summed E-state index contributed by atoms with van der Waals surface area (Å²) in [6.07, 6.45) is 5.70. The summed E-state index contributed by atoms with van der Waals surface area (Å²) in [5.74, 6) is 1.16. The number of rotatable bonds is 5. The quantitative estimate of drug-likeness (QED) is 0.571. The highest BCUT2D eigenvalue weighted by Gasteiger charge is 2.24. The van der Waals surface area contributed by atoms with Crippen molar-refractivity contribution in [3.8, 4) is 16.9 Å². The van der Waals surface area contributed by atoms with Crippen molar-refractivity contribution in [2.24, 2.45) is 13.0 Å². The maximum atomic E-state index is 12.2. The number of hydrogen-bond acceptors (Lipinski definition) is 4. The summed E-state index contributed by atoms with van der Waals surface area (Å²) < 4.78 is 7.40. The second kappa shape index (κ2) is 5.77. The largest absolute Gasteiger partial charge is 0.493 e. The molecule has 4 rings (SSSR count). The zero-order valence-electron chi connectivity index (χ0n) is 13.7. The third-order valence-electron chi connectivity index (χ3n) is 4.53. The van der Waals surface area contributed by atoms with Gasteiger partial charge >= 0.3 is 0 Å². The molecule has 7 nitrogen and oxygen atoms in total. The van der Waals surface area contributed by atoms with Crippen molar-refractivity contribution in [2.75, 3.05) is 6.61 Å². The lowest BCUT2D eigenvalue weighted by Crippen LogP contribution is -2.16. The predicted octanol–water partition coefficient (Wildman–Crippen LogP) is 3.23. The number of aromatic nitrogens is 2. The van der Waals surface area contributed by atoms with Crippen LogP contribution in [0.5, 0.6) is 5.75 Å². The van der Waals surface area contributed by atoms with Crippen molar-refractivity contribution in [3.63, 3.8) is 0 Å². The van der Waals surface area contributed by atoms with Gasteiger partial charge in [0.25, 0.3) is 11.2 Å². The third-order valence-corrected chi connectivity index (χ3v) is 4.53. The van der Waals surface area contributed by atoms with E-state index >= 15 is 0 Å². The summed E-state index contributed by atoms with van der Waals surface area (Å²) in [7, 11) is 1.66. The molecule has 0 spiro atoms. The van der Waals surface area contributed by atoms with Gasteiger partial charge in [-0.25, -0.2) is 0 Å². The number of fused-ring (bicyclic) bond motifs is 1. The number of hydrogen-bond donors (Lipinski definition) is 1. The van der Waals surface area contributed by atoms with Crippen LogP contribution in [0.15, 0.2) is 41.5 Å². The van der Waals surface area contributed by atoms with E-state index < -0.39 is 4.92 Å². The van der Waals surface area contributed by atoms with Crippen molar-refractivity contribution in [3.05, 3.63) is 57.1 Å². The van der Waals surface area contributed by atoms with Gasteiger partial charge in [0.15, 0.2) is 0 Å². The van der Waals surface area contributed by atoms with Crippen molar-refractivity contribution in [2.45, 2.75) is 12.8 Å². The van der Waals surface area contributed by atoms with Crippen LogP contribution in [-0.2, 0) is 7.05 Å². The van der Waals surface area contributed by atoms with Gasteiger partial charge in [-0.2, -0.15) is 0 Å². The molecule has 0 saturated heterocycles. The fourth-order valence-corrected chi connectivity index (χ4v) is 2.94. The fraction of sp³-hybridized carbons (Fsp3) is 0.278. The molecular formula is C18H17N3O4. The van der Waals surface area contributed by atoms with Crippen molar-refractivity contribution >= 4 is 16.6 Å². The molecule has 1 N–H and O–H groups in total. The minimum absolute atomic E-state index is 0.00805. The van der Waals surface area contributed by atoms with E-state index in [9.17, 15) is 14.9 Å². The molecule has 1 saturated carbocycles. The van der Waals surface area contributed by atoms with Crippen molar-refractivity contribution in [1.82, 2.24) is 9.55 Å². The molecule has 1 aliphatic carbocycles. The number of pyridine rings is 1. The number of benzene rings is 1. The predicted molar refractivity (Wildman–Crippen MR) is 93.8 cm³/mol. The van der Waals surface area contributed by atoms with Gasteiger partial charge in [0.2, 0.25) is 0 Å². The van der Waals surface area contributed by atoms with Gasteiger partial charge in [0.1, 0.15) is 11.3 Å². The molecule has 1 aliphatic rings. The molecule has 0 unspecified atom stereocenters. The number of ether oxygens (including phenoxy) is 1. The first kappa shape index (κ1) is 15.4. The molecule has 1 aromatic carbocycles. The van der Waals surface area contributed by atoms with E-state index in [1.54, 1.807) is 31.6 Å². The smallest absolute Gasteiger partial charge is 0.274 e. The highest BCUT2D eigenvalue weighted by Crippen LogP contribution is 2.38. The normalized spacial score (nSPS) is 14.0. The van der Waals surface area contributed by atoms with Gasteiger partial charge in [0, 0.05) is 48.1 Å². The third kappa shape index (κ3) is 2.77. The van der Waals surface area contributed by atoms with Crippen LogP contribution in [0, 0.1) is 16.0 Å². The van der Waals surface area contributed by atoms with Gasteiger partial charge in [-0.15, -0.1) is 0 Å². The minimum atomic E-state index is -0.426. The zero-order valence-corrected chi connectivity index (χ0v) is 13.7. The number of H-pyrrole nitrogens is 1. The topological polar surface area (TPSA) is 90.2 Å². The Hall–Kier alpha value is -3.09. The fourth-order valence-electron chi connectivity index (χ4n) is 2.94. The first-order valence-corrected chi connectivity index (χ1v) is 8.13. The van der Waals surface area contributed by atoms with E-state index in [0.717, 1.165) is 23.8 Å². The number of non-ortho nitro benzene ring substituents is 1. The molecule has 0 amide bonds. The molecule has 0 aliphatic heterocycles. The highest BCUT2D eigenvalue weighted by atomic mass is 16.6. The summed E-state index contributed by atoms with van der Waals surface area (Å²) in [5.41, 5.74) is 1.67. The number of aryl methyl sites for hydroxylation is 1. The molecule has 2 heterocycles. The maximum absolute atomic E-state index is 12.2. The lowest BCUT2D eigenvalue weighted by molar-refractivity contribution is -0.384. The van der Waals surface area contributed by atoms with E-state index in [-0.39, 0.29) is 11.2 Å². The van der Waals surface area contributed by atoms with Crippen LogP contribution in [0.2, 0.25) is 0 Å². The van der Waals surface area contributed by atoms with Crippen LogP contribution in [0.1, 0.15) is 12.8 Å². The van der Waals surface area contributed by atoms with Crippen LogP contribution in [0.25, 0.3) is 22.0 Å². The molecule has 1 fully saturated rings. The van der Waals surface area contributed by atoms with E-state index in [1.807, 2.05) is 0 Å². The first-order valence-electron chi connectivity index (χ1n) is 8.13. The van der Waals surface area contributed by atoms with E-state index in [1.165, 1.54) is 16.7 Å². The summed E-state index contributed by atoms with van der Waals surface area (Å²) in [5, 5.41) is 11.9. The number of aromatic amines is 1. The Morgan fingerprint density at radius 1 is 1.32 bits per heavy atom. The molecule has 0 bridgehead atoms. The van der Waals surface area contributed by atoms with E-state index in [2.05, 4.69) is 4.98 Å². The van der Waals surface area contributed by atoms with Crippen LogP contribution < -0.4 is 10.3 Å². The standard InChI is InChI=1S/C18H17N3O4/c1-20-9-15(13-6-7-19-17(13)18(20)22)14-8-12(21(23)24)4-5-16(14)25-10-11-2-3-11/h4-9,11,19H,2-3,10H2,1H3. The van der Waals surface area contributed by atoms with E-state index in [0.29, 0.717) is 29.4 Å². The molecule has 25 heavy (non-hydrogen) atoms. The van der Waals surface area contributed by atoms with Crippen LogP contribution in [0.3, 0.4) is 0 Å². The Kier molecular flexibility index (Phi) is 3.56. The Morgan fingerprint density at radius 2 is 2.12 bits per heavy atom. The van der Waals surface area contributed by atoms with Gasteiger partial charge in [-0.3, -0.25) is 14.9 Å². The van der Waals surface area contributed by atoms with Gasteiger partial charge < -0.3 is 14.3 Å². The second-order valence-corrected chi connectivity index (χ2v) is 6.42. The summed E-state index contributed by atoms with van der Waals surface area (Å²) in [4.78, 5) is 26.0. The van der Waals surface area contributed by atoms with Gasteiger partial charge in [0.05, 0.1) is 11.5 Å². The SMILES string of the molecule is Cn1cc(-c2cc([N+](=O)[O-])ccc2OCC2CC2)c2cc[nH]c2c1=O. The van der Waals surface area contributed by atoms with Gasteiger partial charge in [-0.05, 0) is 30.9 Å². The lowest BCUT2D eigenvalue weighted by Gasteiger charge is -2.13. The molecular weight excluding hydrogens is 322 g/mol. The van der Waals surface area contributed by atoms with Crippen LogP contribution in [-0.4, -0.2) is 21.1 Å². The minimum Gasteiger partial charge on any atom is -0.493 e. The zero-order chi connectivity index (χ0) is 17.6. The molecule has 3 aromatic rings. The Morgan fingerprint density at radius 3 is 2.84 bits per heavy atom. The summed E-state index contributed by atoms with van der Waals surface area (Å²) in [6, 6.07) is 6.39. The summed E-state index contributed by atoms with van der Waals surface area (Å²) in [6.45, 7) is 0.604. The Labute approximate surface area is 143 Å². The second-order valence-electron chi connectivity index (χ2n) is 6.42. The molecule has 0 atom stereocenters. The molecule has 0 radical (unpaired) electrons. The van der Waals surface area contributed by atoms with Crippen molar-refractivity contribution < 1.29 is 9.66 Å². The molecule has 2 aromatic heterocycles. The molecule has 7 heteroatoms. The number of nitro benzene ring substituents is 1. The lowest BCUT2D eigenvalue weighted by atomic mass is 10.0. The highest BCUT2D eigenvalue weighted by molar-refractivity contribution is 5.96. The number of nitrogens with one attached hydrogen (secondary N) is 1. The maximum Gasteiger partial charge on any atom is 0.274 e. The van der Waals surface area contributed by atoms with E-state index in [4.69, 9.17) is 4.74 Å². The average Bonchev–Trinajstić information content (AvgIpc) is 3.30. The Bertz CT molecular complexity index is 1030. The van der Waals surface area contributed by atoms with Crippen molar-refractivity contribution in [1.29, 1.82) is 0 Å².